The molecule has 2 aromatic rings. The van der Waals surface area contributed by atoms with E-state index in [0.717, 1.165) is 11.1 Å². The number of halogens is 2. The van der Waals surface area contributed by atoms with Crippen LogP contribution >= 0.6 is 12.6 Å². The van der Waals surface area contributed by atoms with Gasteiger partial charge < -0.3 is 0 Å². The summed E-state index contributed by atoms with van der Waals surface area (Å²) in [6.07, 6.45) is -0.629. The number of hydrogen-bond acceptors (Lipinski definition) is 3. The summed E-state index contributed by atoms with van der Waals surface area (Å²) in [7, 11) is 0. The predicted octanol–water partition coefficient (Wildman–Crippen LogP) is 4.62. The van der Waals surface area contributed by atoms with Crippen LogP contribution < -0.4 is 0 Å². The second kappa shape index (κ2) is 7.55. The van der Waals surface area contributed by atoms with Gasteiger partial charge >= 0.3 is 0 Å². The Balaban J connectivity index is 1.69. The number of alkyl halides is 1. The minimum absolute atomic E-state index is 0.0885. The van der Waals surface area contributed by atoms with Gasteiger partial charge in [0.05, 0.1) is 17.2 Å². The summed E-state index contributed by atoms with van der Waals surface area (Å²) < 4.78 is 28.0. The Bertz CT molecular complexity index is 775. The highest BCUT2D eigenvalue weighted by Gasteiger charge is 2.40. The molecule has 130 valence electrons. The van der Waals surface area contributed by atoms with Crippen molar-refractivity contribution in [1.29, 1.82) is 5.26 Å². The number of nitriles is 1. The first kappa shape index (κ1) is 17.9. The van der Waals surface area contributed by atoms with Crippen LogP contribution in [0, 0.1) is 17.1 Å². The number of rotatable bonds is 4. The van der Waals surface area contributed by atoms with Crippen LogP contribution in [0.2, 0.25) is 0 Å². The van der Waals surface area contributed by atoms with Crippen molar-refractivity contribution in [3.8, 4) is 17.2 Å². The molecule has 0 amide bonds. The molecule has 0 N–H and O–H groups in total. The fourth-order valence-electron chi connectivity index (χ4n) is 3.20. The lowest BCUT2D eigenvalue weighted by Gasteiger charge is -2.40. The molecule has 2 unspecified atom stereocenters. The first-order valence-corrected chi connectivity index (χ1v) is 8.76. The van der Waals surface area contributed by atoms with E-state index in [0.29, 0.717) is 25.1 Å². The number of piperidine rings is 1. The smallest absolute Gasteiger partial charge is 0.128 e. The standard InChI is InChI=1S/C20H20F2N2S/c21-18-12-16(15-4-2-1-3-5-15)6-7-17(18)13-24-11-9-20(25,8-10-23)19(22)14-24/h1-7,12,19,25H,8-9,11,13-14H2. The van der Waals surface area contributed by atoms with Gasteiger partial charge in [-0.2, -0.15) is 17.9 Å². The summed E-state index contributed by atoms with van der Waals surface area (Å²) in [4.78, 5) is 1.89. The SMILES string of the molecule is N#CCC1(S)CCN(Cc2ccc(-c3ccccc3)cc2F)CC1F. The molecule has 3 rings (SSSR count). The van der Waals surface area contributed by atoms with Gasteiger partial charge in [-0.05, 0) is 23.6 Å². The normalized spacial score (nSPS) is 24.0. The van der Waals surface area contributed by atoms with E-state index in [-0.39, 0.29) is 18.8 Å². The van der Waals surface area contributed by atoms with Crippen LogP contribution in [-0.4, -0.2) is 28.9 Å². The summed E-state index contributed by atoms with van der Waals surface area (Å²) in [6, 6.07) is 16.8. The fraction of sp³-hybridized carbons (Fsp3) is 0.350. The Kier molecular flexibility index (Phi) is 5.41. The van der Waals surface area contributed by atoms with Crippen molar-refractivity contribution in [1.82, 2.24) is 4.90 Å². The summed E-state index contributed by atoms with van der Waals surface area (Å²) in [6.45, 7) is 1.13. The predicted molar refractivity (Wildman–Crippen MR) is 98.6 cm³/mol. The molecule has 0 aliphatic carbocycles. The van der Waals surface area contributed by atoms with E-state index in [1.807, 2.05) is 47.4 Å². The lowest BCUT2D eigenvalue weighted by Crippen LogP contribution is -2.50. The Morgan fingerprint density at radius 2 is 1.96 bits per heavy atom. The number of likely N-dealkylation sites (tertiary alicyclic amines) is 1. The zero-order chi connectivity index (χ0) is 17.9. The average Bonchev–Trinajstić information content (AvgIpc) is 2.61. The van der Waals surface area contributed by atoms with Crippen LogP contribution in [0.1, 0.15) is 18.4 Å². The van der Waals surface area contributed by atoms with Gasteiger partial charge in [0.25, 0.3) is 0 Å². The highest BCUT2D eigenvalue weighted by Crippen LogP contribution is 2.35. The van der Waals surface area contributed by atoms with E-state index < -0.39 is 10.9 Å². The fourth-order valence-corrected chi connectivity index (χ4v) is 3.45. The molecule has 0 radical (unpaired) electrons. The van der Waals surface area contributed by atoms with Gasteiger partial charge in [-0.15, -0.1) is 0 Å². The van der Waals surface area contributed by atoms with Gasteiger partial charge in [-0.3, -0.25) is 4.90 Å². The van der Waals surface area contributed by atoms with Gasteiger partial charge in [-0.1, -0.05) is 42.5 Å². The molecule has 25 heavy (non-hydrogen) atoms. The van der Waals surface area contributed by atoms with Crippen LogP contribution in [0.25, 0.3) is 11.1 Å². The number of thiol groups is 1. The molecular weight excluding hydrogens is 338 g/mol. The van der Waals surface area contributed by atoms with Crippen molar-refractivity contribution in [3.05, 3.63) is 59.9 Å². The molecule has 0 spiro atoms. The van der Waals surface area contributed by atoms with Crippen LogP contribution in [0.4, 0.5) is 8.78 Å². The maximum atomic E-state index is 14.5. The zero-order valence-electron chi connectivity index (χ0n) is 13.8. The molecule has 2 nitrogen and oxygen atoms in total. The quantitative estimate of drug-likeness (QED) is 0.808. The minimum atomic E-state index is -1.20. The molecule has 0 bridgehead atoms. The molecule has 0 saturated carbocycles. The maximum Gasteiger partial charge on any atom is 0.128 e. The van der Waals surface area contributed by atoms with Gasteiger partial charge in [0, 0.05) is 25.2 Å². The van der Waals surface area contributed by atoms with Gasteiger partial charge in [-0.25, -0.2) is 8.78 Å². The van der Waals surface area contributed by atoms with Crippen LogP contribution in [0.15, 0.2) is 48.5 Å². The van der Waals surface area contributed by atoms with Crippen molar-refractivity contribution in [2.24, 2.45) is 0 Å². The topological polar surface area (TPSA) is 27.0 Å². The molecule has 1 saturated heterocycles. The minimum Gasteiger partial charge on any atom is -0.296 e. The Hall–Kier alpha value is -1.90. The second-order valence-corrected chi connectivity index (χ2v) is 7.45. The third-order valence-corrected chi connectivity index (χ3v) is 5.46. The number of hydrogen-bond donors (Lipinski definition) is 1. The van der Waals surface area contributed by atoms with Crippen molar-refractivity contribution in [2.45, 2.75) is 30.3 Å². The van der Waals surface area contributed by atoms with Crippen LogP contribution in [-0.2, 0) is 6.54 Å². The molecule has 1 aliphatic rings. The summed E-state index contributed by atoms with van der Waals surface area (Å²) in [5.74, 6) is -0.281. The zero-order valence-corrected chi connectivity index (χ0v) is 14.7. The lowest BCUT2D eigenvalue weighted by atomic mass is 9.90. The molecule has 2 atom stereocenters. The summed E-state index contributed by atoms with van der Waals surface area (Å²) >= 11 is 4.37. The average molecular weight is 358 g/mol. The molecule has 1 fully saturated rings. The Labute approximate surface area is 152 Å². The van der Waals surface area contributed by atoms with Crippen molar-refractivity contribution in [2.75, 3.05) is 13.1 Å². The van der Waals surface area contributed by atoms with Crippen molar-refractivity contribution in [3.63, 3.8) is 0 Å². The molecule has 5 heteroatoms. The van der Waals surface area contributed by atoms with Crippen molar-refractivity contribution < 1.29 is 8.78 Å². The summed E-state index contributed by atoms with van der Waals surface area (Å²) in [5.41, 5.74) is 2.34. The van der Waals surface area contributed by atoms with E-state index in [9.17, 15) is 8.78 Å². The van der Waals surface area contributed by atoms with Crippen molar-refractivity contribution >= 4 is 12.6 Å². The summed E-state index contributed by atoms with van der Waals surface area (Å²) in [5, 5.41) is 8.83. The molecule has 2 aromatic carbocycles. The molecule has 1 heterocycles. The number of benzene rings is 2. The van der Waals surface area contributed by atoms with E-state index in [1.165, 1.54) is 6.07 Å². The largest absolute Gasteiger partial charge is 0.296 e. The molecular formula is C20H20F2N2S. The number of nitrogens with zero attached hydrogens (tertiary/aromatic N) is 2. The highest BCUT2D eigenvalue weighted by atomic mass is 32.1. The maximum absolute atomic E-state index is 14.5. The molecule has 0 aromatic heterocycles. The van der Waals surface area contributed by atoms with E-state index >= 15 is 0 Å². The van der Waals surface area contributed by atoms with Gasteiger partial charge in [0.2, 0.25) is 0 Å². The Morgan fingerprint density at radius 1 is 1.20 bits per heavy atom. The van der Waals surface area contributed by atoms with Crippen LogP contribution in [0.5, 0.6) is 0 Å². The third-order valence-electron chi connectivity index (χ3n) is 4.80. The lowest BCUT2D eigenvalue weighted by molar-refractivity contribution is 0.0998. The monoisotopic (exact) mass is 358 g/mol. The van der Waals surface area contributed by atoms with E-state index in [4.69, 9.17) is 5.26 Å². The van der Waals surface area contributed by atoms with Gasteiger partial charge in [0.15, 0.2) is 0 Å². The first-order chi connectivity index (χ1) is 12.0. The highest BCUT2D eigenvalue weighted by molar-refractivity contribution is 7.81. The first-order valence-electron chi connectivity index (χ1n) is 8.31. The van der Waals surface area contributed by atoms with Crippen LogP contribution in [0.3, 0.4) is 0 Å². The van der Waals surface area contributed by atoms with E-state index in [1.54, 1.807) is 6.07 Å². The third kappa shape index (κ3) is 4.02. The second-order valence-electron chi connectivity index (χ2n) is 6.56. The van der Waals surface area contributed by atoms with E-state index in [2.05, 4.69) is 12.6 Å². The Morgan fingerprint density at radius 3 is 2.60 bits per heavy atom. The van der Waals surface area contributed by atoms with Gasteiger partial charge in [0.1, 0.15) is 12.0 Å². The molecule has 1 aliphatic heterocycles.